The molecule has 21 heavy (non-hydrogen) atoms. The van der Waals surface area contributed by atoms with Crippen LogP contribution in [-0.4, -0.2) is 32.9 Å². The number of hydrogen-bond acceptors (Lipinski definition) is 3. The smallest absolute Gasteiger partial charge is 0.326 e. The summed E-state index contributed by atoms with van der Waals surface area (Å²) < 4.78 is 1.70. The third kappa shape index (κ3) is 5.45. The van der Waals surface area contributed by atoms with Crippen LogP contribution < -0.4 is 10.6 Å². The summed E-state index contributed by atoms with van der Waals surface area (Å²) in [6, 6.07) is -1.35. The van der Waals surface area contributed by atoms with Crippen molar-refractivity contribution in [2.75, 3.05) is 0 Å². The van der Waals surface area contributed by atoms with E-state index in [4.69, 9.17) is 5.11 Å². The molecule has 0 spiro atoms. The lowest BCUT2D eigenvalue weighted by molar-refractivity contribution is -0.139. The van der Waals surface area contributed by atoms with Crippen LogP contribution in [-0.2, 0) is 24.8 Å². The van der Waals surface area contributed by atoms with E-state index in [1.807, 2.05) is 34.0 Å². The number of aliphatic carboxylic acids is 1. The fourth-order valence-corrected chi connectivity index (χ4v) is 2.11. The van der Waals surface area contributed by atoms with E-state index in [0.29, 0.717) is 13.0 Å². The minimum absolute atomic E-state index is 0.191. The van der Waals surface area contributed by atoms with Gasteiger partial charge in [0, 0.05) is 25.4 Å². The predicted octanol–water partition coefficient (Wildman–Crippen LogP) is 1.28. The van der Waals surface area contributed by atoms with Crippen molar-refractivity contribution in [2.24, 2.45) is 13.0 Å². The lowest BCUT2D eigenvalue weighted by Gasteiger charge is -2.16. The molecule has 7 heteroatoms. The first-order valence-corrected chi connectivity index (χ1v) is 7.12. The number of carboxylic acid groups (broad SMARTS) is 1. The van der Waals surface area contributed by atoms with Gasteiger partial charge in [0.05, 0.1) is 5.69 Å². The van der Waals surface area contributed by atoms with Crippen molar-refractivity contribution in [1.82, 2.24) is 20.4 Å². The number of nitrogens with zero attached hydrogens (tertiary/aromatic N) is 2. The summed E-state index contributed by atoms with van der Waals surface area (Å²) in [5.41, 5.74) is 1.86. The van der Waals surface area contributed by atoms with Crippen molar-refractivity contribution in [3.05, 3.63) is 17.5 Å². The molecular formula is C14H24N4O3. The summed E-state index contributed by atoms with van der Waals surface area (Å²) in [6.45, 7) is 6.16. The first kappa shape index (κ1) is 17.0. The Hall–Kier alpha value is -2.05. The molecule has 1 rings (SSSR count). The molecule has 1 aromatic rings. The summed E-state index contributed by atoms with van der Waals surface area (Å²) in [4.78, 5) is 22.9. The topological polar surface area (TPSA) is 96.3 Å². The zero-order valence-corrected chi connectivity index (χ0v) is 13.0. The minimum atomic E-state index is -1.02. The molecule has 0 aromatic carbocycles. The van der Waals surface area contributed by atoms with Gasteiger partial charge in [0.2, 0.25) is 0 Å². The molecule has 1 heterocycles. The summed E-state index contributed by atoms with van der Waals surface area (Å²) in [7, 11) is 1.83. The zero-order valence-electron chi connectivity index (χ0n) is 13.0. The SMILES string of the molecule is CCc1nn(C)cc1CNC(=O)NC(CC(C)C)C(=O)O. The Labute approximate surface area is 124 Å². The Bertz CT molecular complexity index is 496. The fourth-order valence-electron chi connectivity index (χ4n) is 2.11. The van der Waals surface area contributed by atoms with Gasteiger partial charge in [0.15, 0.2) is 0 Å². The molecule has 0 saturated heterocycles. The van der Waals surface area contributed by atoms with Crippen LogP contribution in [0.4, 0.5) is 4.79 Å². The first-order chi connectivity index (χ1) is 9.83. The second-order valence-electron chi connectivity index (χ2n) is 5.48. The predicted molar refractivity (Wildman–Crippen MR) is 78.8 cm³/mol. The maximum Gasteiger partial charge on any atom is 0.326 e. The fraction of sp³-hybridized carbons (Fsp3) is 0.643. The number of aryl methyl sites for hydroxylation is 2. The Morgan fingerprint density at radius 1 is 1.43 bits per heavy atom. The van der Waals surface area contributed by atoms with Crippen molar-refractivity contribution in [3.63, 3.8) is 0 Å². The van der Waals surface area contributed by atoms with Crippen LogP contribution in [0, 0.1) is 5.92 Å². The molecule has 1 atom stereocenters. The van der Waals surface area contributed by atoms with E-state index in [9.17, 15) is 9.59 Å². The molecule has 1 aromatic heterocycles. The van der Waals surface area contributed by atoms with Gasteiger partial charge in [-0.15, -0.1) is 0 Å². The highest BCUT2D eigenvalue weighted by molar-refractivity contribution is 5.82. The number of rotatable bonds is 7. The summed E-state index contributed by atoms with van der Waals surface area (Å²) in [5.74, 6) is -0.828. The summed E-state index contributed by atoms with van der Waals surface area (Å²) in [5, 5.41) is 18.5. The second-order valence-corrected chi connectivity index (χ2v) is 5.48. The van der Waals surface area contributed by atoms with Crippen LogP contribution in [0.1, 0.15) is 38.4 Å². The Kier molecular flexibility index (Phi) is 6.20. The van der Waals surface area contributed by atoms with Gasteiger partial charge in [0.25, 0.3) is 0 Å². The molecule has 0 aliphatic carbocycles. The number of carbonyl (C=O) groups excluding carboxylic acids is 1. The van der Waals surface area contributed by atoms with E-state index in [1.54, 1.807) is 4.68 Å². The van der Waals surface area contributed by atoms with E-state index >= 15 is 0 Å². The number of nitrogens with one attached hydrogen (secondary N) is 2. The monoisotopic (exact) mass is 296 g/mol. The normalized spacial score (nSPS) is 12.2. The number of amides is 2. The van der Waals surface area contributed by atoms with E-state index in [2.05, 4.69) is 15.7 Å². The number of carbonyl (C=O) groups is 2. The largest absolute Gasteiger partial charge is 0.480 e. The minimum Gasteiger partial charge on any atom is -0.480 e. The third-order valence-corrected chi connectivity index (χ3v) is 3.08. The molecule has 0 saturated carbocycles. The van der Waals surface area contributed by atoms with Gasteiger partial charge in [-0.1, -0.05) is 20.8 Å². The zero-order chi connectivity index (χ0) is 16.0. The van der Waals surface area contributed by atoms with Crippen molar-refractivity contribution in [2.45, 2.75) is 46.2 Å². The van der Waals surface area contributed by atoms with Crippen LogP contribution in [0.2, 0.25) is 0 Å². The maximum absolute atomic E-state index is 11.8. The molecule has 0 radical (unpaired) electrons. The average Bonchev–Trinajstić information content (AvgIpc) is 2.75. The van der Waals surface area contributed by atoms with Gasteiger partial charge in [-0.05, 0) is 18.8 Å². The number of hydrogen-bond donors (Lipinski definition) is 3. The molecule has 0 fully saturated rings. The lowest BCUT2D eigenvalue weighted by atomic mass is 10.0. The first-order valence-electron chi connectivity index (χ1n) is 7.12. The van der Waals surface area contributed by atoms with E-state index in [1.165, 1.54) is 0 Å². The number of carboxylic acids is 1. The standard InChI is InChI=1S/C14H24N4O3/c1-5-11-10(8-18(4)17-11)7-15-14(21)16-12(13(19)20)6-9(2)3/h8-9,12H,5-7H2,1-4H3,(H,19,20)(H2,15,16,21). The van der Waals surface area contributed by atoms with Crippen LogP contribution in [0.3, 0.4) is 0 Å². The molecule has 7 nitrogen and oxygen atoms in total. The van der Waals surface area contributed by atoms with Gasteiger partial charge in [0.1, 0.15) is 6.04 Å². The molecular weight excluding hydrogens is 272 g/mol. The highest BCUT2D eigenvalue weighted by Gasteiger charge is 2.21. The molecule has 3 N–H and O–H groups in total. The summed E-state index contributed by atoms with van der Waals surface area (Å²) >= 11 is 0. The van der Waals surface area contributed by atoms with Gasteiger partial charge >= 0.3 is 12.0 Å². The molecule has 118 valence electrons. The van der Waals surface area contributed by atoms with Crippen molar-refractivity contribution in [1.29, 1.82) is 0 Å². The highest BCUT2D eigenvalue weighted by atomic mass is 16.4. The van der Waals surface area contributed by atoms with Crippen LogP contribution in [0.25, 0.3) is 0 Å². The Balaban J connectivity index is 2.54. The van der Waals surface area contributed by atoms with Gasteiger partial charge in [-0.3, -0.25) is 4.68 Å². The Morgan fingerprint density at radius 2 is 2.10 bits per heavy atom. The van der Waals surface area contributed by atoms with E-state index in [0.717, 1.165) is 17.7 Å². The van der Waals surface area contributed by atoms with Gasteiger partial charge in [-0.25, -0.2) is 9.59 Å². The number of aromatic nitrogens is 2. The highest BCUT2D eigenvalue weighted by Crippen LogP contribution is 2.07. The lowest BCUT2D eigenvalue weighted by Crippen LogP contribution is -2.46. The number of urea groups is 1. The third-order valence-electron chi connectivity index (χ3n) is 3.08. The summed E-state index contributed by atoms with van der Waals surface area (Å²) in [6.07, 6.45) is 3.03. The van der Waals surface area contributed by atoms with E-state index < -0.39 is 18.0 Å². The van der Waals surface area contributed by atoms with Crippen molar-refractivity contribution in [3.8, 4) is 0 Å². The second kappa shape index (κ2) is 7.66. The molecule has 0 aliphatic rings. The van der Waals surface area contributed by atoms with Crippen LogP contribution in [0.5, 0.6) is 0 Å². The van der Waals surface area contributed by atoms with E-state index in [-0.39, 0.29) is 5.92 Å². The van der Waals surface area contributed by atoms with Gasteiger partial charge in [-0.2, -0.15) is 5.10 Å². The quantitative estimate of drug-likeness (QED) is 0.706. The Morgan fingerprint density at radius 3 is 2.62 bits per heavy atom. The maximum atomic E-state index is 11.8. The van der Waals surface area contributed by atoms with Crippen LogP contribution >= 0.6 is 0 Å². The molecule has 2 amide bonds. The van der Waals surface area contributed by atoms with Crippen molar-refractivity contribution >= 4 is 12.0 Å². The molecule has 1 unspecified atom stereocenters. The molecule has 0 aliphatic heterocycles. The van der Waals surface area contributed by atoms with Gasteiger partial charge < -0.3 is 15.7 Å². The van der Waals surface area contributed by atoms with Crippen molar-refractivity contribution < 1.29 is 14.7 Å². The van der Waals surface area contributed by atoms with Crippen LogP contribution in [0.15, 0.2) is 6.20 Å². The molecule has 0 bridgehead atoms. The average molecular weight is 296 g/mol.